The molecule has 45 heavy (non-hydrogen) atoms. The van der Waals surface area contributed by atoms with Crippen molar-refractivity contribution in [3.63, 3.8) is 0 Å². The lowest BCUT2D eigenvalue weighted by atomic mass is 9.96. The van der Waals surface area contributed by atoms with E-state index in [1.807, 2.05) is 36.4 Å². The number of carbonyl (C=O) groups excluding carboxylic acids is 3. The van der Waals surface area contributed by atoms with Gasteiger partial charge in [-0.3, -0.25) is 14.4 Å². The maximum absolute atomic E-state index is 13.4. The van der Waals surface area contributed by atoms with Gasteiger partial charge < -0.3 is 35.1 Å². The molecule has 0 fully saturated rings. The smallest absolute Gasteiger partial charge is 0.408 e. The summed E-state index contributed by atoms with van der Waals surface area (Å²) >= 11 is 0. The van der Waals surface area contributed by atoms with E-state index in [1.54, 1.807) is 62.7 Å². The van der Waals surface area contributed by atoms with Gasteiger partial charge in [-0.1, -0.05) is 60.7 Å². The molecule has 0 aliphatic carbocycles. The highest BCUT2D eigenvalue weighted by molar-refractivity contribution is 5.98. The maximum atomic E-state index is 13.4. The van der Waals surface area contributed by atoms with Gasteiger partial charge in [0.2, 0.25) is 5.91 Å². The number of hydrogen-bond donors (Lipinski definition) is 4. The molecule has 3 rings (SSSR count). The summed E-state index contributed by atoms with van der Waals surface area (Å²) < 4.78 is 12.8. The number of carboxylic acid groups (broad SMARTS) is 1. The molecule has 0 bridgehead atoms. The van der Waals surface area contributed by atoms with Crippen molar-refractivity contribution >= 4 is 29.7 Å². The van der Waals surface area contributed by atoms with Gasteiger partial charge in [-0.15, -0.1) is 0 Å². The van der Waals surface area contributed by atoms with E-state index in [9.17, 15) is 24.3 Å². The molecule has 0 spiro atoms. The lowest BCUT2D eigenvalue weighted by Gasteiger charge is -2.29. The lowest BCUT2D eigenvalue weighted by molar-refractivity contribution is -0.139. The predicted octanol–water partition coefficient (Wildman–Crippen LogP) is 4.39. The van der Waals surface area contributed by atoms with E-state index in [1.165, 1.54) is 13.8 Å². The quantitative estimate of drug-likeness (QED) is 0.206. The SMILES string of the molecule is Cc1nc(NC(=O)[C@@H](COCc2ccccc2)NC(=O)C(C)(C)NC(=O)OC(C)(C)C)cn1CCC(C(=O)O)c1ccccc1. The van der Waals surface area contributed by atoms with Crippen molar-refractivity contribution in [2.75, 3.05) is 11.9 Å². The van der Waals surface area contributed by atoms with Gasteiger partial charge in [-0.25, -0.2) is 9.78 Å². The van der Waals surface area contributed by atoms with Gasteiger partial charge in [0.15, 0.2) is 5.82 Å². The zero-order valence-electron chi connectivity index (χ0n) is 26.6. The van der Waals surface area contributed by atoms with Crippen LogP contribution in [0.25, 0.3) is 0 Å². The Morgan fingerprint density at radius 3 is 2.18 bits per heavy atom. The molecule has 0 aliphatic rings. The van der Waals surface area contributed by atoms with Crippen LogP contribution in [0.3, 0.4) is 0 Å². The van der Waals surface area contributed by atoms with Gasteiger partial charge in [0.25, 0.3) is 5.91 Å². The summed E-state index contributed by atoms with van der Waals surface area (Å²) in [4.78, 5) is 55.4. The molecular formula is C33H43N5O7. The number of ether oxygens (including phenoxy) is 2. The first kappa shape index (κ1) is 34.8. The van der Waals surface area contributed by atoms with E-state index in [-0.39, 0.29) is 19.0 Å². The first-order valence-electron chi connectivity index (χ1n) is 14.7. The number of amides is 3. The third-order valence-electron chi connectivity index (χ3n) is 6.79. The third kappa shape index (κ3) is 11.1. The normalized spacial score (nSPS) is 12.9. The van der Waals surface area contributed by atoms with Gasteiger partial charge >= 0.3 is 12.1 Å². The zero-order chi connectivity index (χ0) is 33.2. The maximum Gasteiger partial charge on any atom is 0.408 e. The summed E-state index contributed by atoms with van der Waals surface area (Å²) in [6.07, 6.45) is 1.16. The number of rotatable bonds is 14. The van der Waals surface area contributed by atoms with Crippen molar-refractivity contribution in [3.8, 4) is 0 Å². The van der Waals surface area contributed by atoms with Crippen LogP contribution in [-0.4, -0.2) is 62.3 Å². The van der Waals surface area contributed by atoms with E-state index in [0.29, 0.717) is 24.4 Å². The Hall–Kier alpha value is -4.71. The van der Waals surface area contributed by atoms with Crippen LogP contribution in [0.5, 0.6) is 0 Å². The highest BCUT2D eigenvalue weighted by atomic mass is 16.6. The van der Waals surface area contributed by atoms with Crippen molar-refractivity contribution in [1.29, 1.82) is 0 Å². The second-order valence-electron chi connectivity index (χ2n) is 12.2. The van der Waals surface area contributed by atoms with Crippen molar-refractivity contribution in [3.05, 3.63) is 83.8 Å². The molecule has 3 aromatic rings. The van der Waals surface area contributed by atoms with Crippen LogP contribution in [0, 0.1) is 6.92 Å². The van der Waals surface area contributed by atoms with E-state index in [4.69, 9.17) is 9.47 Å². The predicted molar refractivity (Wildman–Crippen MR) is 169 cm³/mol. The number of nitrogens with one attached hydrogen (secondary N) is 3. The number of carbonyl (C=O) groups is 4. The molecule has 1 aromatic heterocycles. The fourth-order valence-corrected chi connectivity index (χ4v) is 4.40. The van der Waals surface area contributed by atoms with Gasteiger partial charge in [-0.05, 0) is 59.1 Å². The summed E-state index contributed by atoms with van der Waals surface area (Å²) in [5.41, 5.74) is -0.589. The Morgan fingerprint density at radius 1 is 0.956 bits per heavy atom. The van der Waals surface area contributed by atoms with E-state index >= 15 is 0 Å². The van der Waals surface area contributed by atoms with Crippen LogP contribution in [0.2, 0.25) is 0 Å². The van der Waals surface area contributed by atoms with Crippen LogP contribution >= 0.6 is 0 Å². The zero-order valence-corrected chi connectivity index (χ0v) is 26.6. The summed E-state index contributed by atoms with van der Waals surface area (Å²) in [7, 11) is 0. The van der Waals surface area contributed by atoms with E-state index in [0.717, 1.165) is 5.56 Å². The second kappa shape index (κ2) is 15.3. The minimum atomic E-state index is -1.42. The summed E-state index contributed by atoms with van der Waals surface area (Å²) in [5.74, 6) is -2.03. The Kier molecular flexibility index (Phi) is 11.9. The van der Waals surface area contributed by atoms with Crippen LogP contribution in [0.4, 0.5) is 10.6 Å². The summed E-state index contributed by atoms with van der Waals surface area (Å²) in [6.45, 7) is 10.3. The topological polar surface area (TPSA) is 161 Å². The van der Waals surface area contributed by atoms with Gasteiger partial charge in [0.1, 0.15) is 23.0 Å². The second-order valence-corrected chi connectivity index (χ2v) is 12.2. The number of anilines is 1. The highest BCUT2D eigenvalue weighted by Crippen LogP contribution is 2.22. The molecule has 0 saturated carbocycles. The fourth-order valence-electron chi connectivity index (χ4n) is 4.40. The minimum absolute atomic E-state index is 0.161. The molecule has 242 valence electrons. The first-order chi connectivity index (χ1) is 21.1. The molecule has 3 amide bonds. The Labute approximate surface area is 263 Å². The summed E-state index contributed by atoms with van der Waals surface area (Å²) in [5, 5.41) is 17.7. The molecule has 2 aromatic carbocycles. The van der Waals surface area contributed by atoms with E-state index in [2.05, 4.69) is 20.9 Å². The van der Waals surface area contributed by atoms with Crippen molar-refractivity contribution in [2.24, 2.45) is 0 Å². The molecule has 12 nitrogen and oxygen atoms in total. The van der Waals surface area contributed by atoms with Crippen molar-refractivity contribution < 1.29 is 33.8 Å². The highest BCUT2D eigenvalue weighted by Gasteiger charge is 2.34. The molecule has 12 heteroatoms. The third-order valence-corrected chi connectivity index (χ3v) is 6.79. The number of aryl methyl sites for hydroxylation is 2. The number of alkyl carbamates (subject to hydrolysis) is 1. The number of nitrogens with zero attached hydrogens (tertiary/aromatic N) is 2. The van der Waals surface area contributed by atoms with Crippen molar-refractivity contribution in [1.82, 2.24) is 20.2 Å². The minimum Gasteiger partial charge on any atom is -0.481 e. The lowest BCUT2D eigenvalue weighted by Crippen LogP contribution is -2.59. The van der Waals surface area contributed by atoms with Crippen molar-refractivity contribution in [2.45, 2.75) is 84.2 Å². The standard InChI is InChI=1S/C33H43N5O7/c1-22-34-27(19-38(22)18-17-25(29(40)41)24-15-11-8-12-16-24)36-28(39)26(21-44-20-23-13-9-7-10-14-23)35-30(42)33(5,6)37-31(43)45-32(2,3)4/h7-16,19,25-26H,17-18,20-21H2,1-6H3,(H,35,42)(H,36,39)(H,37,43)(H,40,41)/t25?,26-/m1/s1. The summed E-state index contributed by atoms with van der Waals surface area (Å²) in [6, 6.07) is 17.2. The molecule has 0 aliphatic heterocycles. The number of carboxylic acids is 1. The number of benzene rings is 2. The molecule has 1 unspecified atom stereocenters. The molecule has 0 radical (unpaired) electrons. The van der Waals surface area contributed by atoms with Crippen LogP contribution < -0.4 is 16.0 Å². The molecule has 1 heterocycles. The first-order valence-corrected chi connectivity index (χ1v) is 14.7. The average Bonchev–Trinajstić information content (AvgIpc) is 3.30. The number of aliphatic carboxylic acids is 1. The molecular weight excluding hydrogens is 578 g/mol. The largest absolute Gasteiger partial charge is 0.481 e. The van der Waals surface area contributed by atoms with Crippen LogP contribution in [-0.2, 0) is 37.0 Å². The number of aromatic nitrogens is 2. The fraction of sp³-hybridized carbons (Fsp3) is 0.424. The van der Waals surface area contributed by atoms with Crippen LogP contribution in [0.15, 0.2) is 66.9 Å². The van der Waals surface area contributed by atoms with E-state index < -0.39 is 47.0 Å². The molecule has 4 N–H and O–H groups in total. The molecule has 0 saturated heterocycles. The Morgan fingerprint density at radius 2 is 1.58 bits per heavy atom. The molecule has 2 atom stereocenters. The Bertz CT molecular complexity index is 1450. The Balaban J connectivity index is 1.70. The van der Waals surface area contributed by atoms with Gasteiger partial charge in [-0.2, -0.15) is 0 Å². The van der Waals surface area contributed by atoms with Gasteiger partial charge in [0, 0.05) is 12.7 Å². The number of imidazole rings is 1. The number of hydrogen-bond acceptors (Lipinski definition) is 7. The van der Waals surface area contributed by atoms with Crippen LogP contribution in [0.1, 0.15) is 63.9 Å². The monoisotopic (exact) mass is 621 g/mol. The average molecular weight is 622 g/mol. The van der Waals surface area contributed by atoms with Gasteiger partial charge in [0.05, 0.1) is 19.1 Å².